The Balaban J connectivity index is 1.71. The normalized spacial score (nSPS) is 14.6. The number of hydrogen-bond donors (Lipinski definition) is 3. The van der Waals surface area contributed by atoms with Gasteiger partial charge in [0.05, 0.1) is 6.42 Å². The molecule has 0 saturated carbocycles. The maximum atomic E-state index is 11.8. The Morgan fingerprint density at radius 1 is 1.19 bits per heavy atom. The van der Waals surface area contributed by atoms with E-state index in [4.69, 9.17) is 10.5 Å². The third kappa shape index (κ3) is 6.62. The summed E-state index contributed by atoms with van der Waals surface area (Å²) in [5, 5.41) is 4.96. The maximum Gasteiger partial charge on any atom is 0.312 e. The first-order chi connectivity index (χ1) is 12.4. The number of benzene rings is 1. The van der Waals surface area contributed by atoms with Crippen molar-refractivity contribution in [2.75, 3.05) is 36.5 Å². The van der Waals surface area contributed by atoms with Gasteiger partial charge in [-0.15, -0.1) is 0 Å². The molecule has 8 heteroatoms. The second-order valence-electron chi connectivity index (χ2n) is 6.47. The molecule has 1 fully saturated rings. The third-order valence-electron chi connectivity index (χ3n) is 4.29. The molecule has 3 amide bonds. The molecule has 1 saturated heterocycles. The van der Waals surface area contributed by atoms with Crippen molar-refractivity contribution in [2.45, 2.75) is 26.2 Å². The molecule has 0 bridgehead atoms. The lowest BCUT2D eigenvalue weighted by Gasteiger charge is -2.32. The summed E-state index contributed by atoms with van der Waals surface area (Å²) < 4.78 is 4.84. The zero-order valence-corrected chi connectivity index (χ0v) is 15.0. The first kappa shape index (κ1) is 19.6. The molecule has 0 atom stereocenters. The van der Waals surface area contributed by atoms with E-state index in [0.29, 0.717) is 5.69 Å². The summed E-state index contributed by atoms with van der Waals surface area (Å²) in [6.45, 7) is 4.08. The molecule has 1 aromatic rings. The summed E-state index contributed by atoms with van der Waals surface area (Å²) >= 11 is 0. The third-order valence-corrected chi connectivity index (χ3v) is 4.29. The molecule has 0 radical (unpaired) electrons. The average molecular weight is 362 g/mol. The Kier molecular flexibility index (Phi) is 7.25. The minimum atomic E-state index is -0.710. The summed E-state index contributed by atoms with van der Waals surface area (Å²) in [6, 6.07) is 6.92. The number of hydrogen-bond acceptors (Lipinski definition) is 5. The molecule has 26 heavy (non-hydrogen) atoms. The van der Waals surface area contributed by atoms with Gasteiger partial charge in [-0.3, -0.25) is 9.59 Å². The van der Waals surface area contributed by atoms with Crippen molar-refractivity contribution in [2.24, 2.45) is 11.7 Å². The number of amides is 3. The number of urea groups is 1. The number of nitrogens with two attached hydrogens (primary N) is 1. The predicted molar refractivity (Wildman–Crippen MR) is 98.8 cm³/mol. The van der Waals surface area contributed by atoms with E-state index in [9.17, 15) is 14.4 Å². The van der Waals surface area contributed by atoms with Crippen molar-refractivity contribution in [3.63, 3.8) is 0 Å². The zero-order valence-electron chi connectivity index (χ0n) is 15.0. The van der Waals surface area contributed by atoms with Gasteiger partial charge in [-0.1, -0.05) is 6.92 Å². The quantitative estimate of drug-likeness (QED) is 0.636. The van der Waals surface area contributed by atoms with Crippen LogP contribution in [0.5, 0.6) is 0 Å². The van der Waals surface area contributed by atoms with Gasteiger partial charge >= 0.3 is 12.0 Å². The van der Waals surface area contributed by atoms with E-state index in [1.165, 1.54) is 12.8 Å². The molecule has 0 aromatic heterocycles. The lowest BCUT2D eigenvalue weighted by Crippen LogP contribution is -2.32. The van der Waals surface area contributed by atoms with Crippen LogP contribution in [0, 0.1) is 5.92 Å². The van der Waals surface area contributed by atoms with Crippen molar-refractivity contribution in [3.05, 3.63) is 24.3 Å². The van der Waals surface area contributed by atoms with E-state index in [0.717, 1.165) is 24.7 Å². The molecule has 1 aliphatic heterocycles. The molecule has 1 aromatic carbocycles. The van der Waals surface area contributed by atoms with E-state index in [1.54, 1.807) is 0 Å². The number of anilines is 2. The van der Waals surface area contributed by atoms with Crippen LogP contribution in [0.3, 0.4) is 0 Å². The highest BCUT2D eigenvalue weighted by Gasteiger charge is 2.16. The van der Waals surface area contributed by atoms with Crippen LogP contribution in [0.25, 0.3) is 0 Å². The van der Waals surface area contributed by atoms with Crippen LogP contribution in [0.1, 0.15) is 26.2 Å². The number of carbonyl (C=O) groups is 3. The van der Waals surface area contributed by atoms with E-state index in [-0.39, 0.29) is 19.6 Å². The van der Waals surface area contributed by atoms with E-state index >= 15 is 0 Å². The van der Waals surface area contributed by atoms with Crippen molar-refractivity contribution >= 4 is 29.3 Å². The van der Waals surface area contributed by atoms with E-state index < -0.39 is 17.9 Å². The number of ether oxygens (including phenoxy) is 1. The monoisotopic (exact) mass is 362 g/mol. The predicted octanol–water partition coefficient (Wildman–Crippen LogP) is 1.46. The first-order valence-corrected chi connectivity index (χ1v) is 8.78. The van der Waals surface area contributed by atoms with Crippen molar-refractivity contribution < 1.29 is 19.1 Å². The Morgan fingerprint density at radius 2 is 1.85 bits per heavy atom. The fraction of sp³-hybridized carbons (Fsp3) is 0.500. The Labute approximate surface area is 153 Å². The second kappa shape index (κ2) is 9.65. The smallest absolute Gasteiger partial charge is 0.312 e. The lowest BCUT2D eigenvalue weighted by atomic mass is 9.99. The van der Waals surface area contributed by atoms with Crippen LogP contribution >= 0.6 is 0 Å². The highest BCUT2D eigenvalue weighted by molar-refractivity contribution is 5.93. The number of nitrogens with one attached hydrogen (secondary N) is 2. The van der Waals surface area contributed by atoms with Gasteiger partial charge < -0.3 is 26.0 Å². The van der Waals surface area contributed by atoms with Crippen LogP contribution < -0.4 is 21.3 Å². The Bertz CT molecular complexity index is 625. The topological polar surface area (TPSA) is 114 Å². The van der Waals surface area contributed by atoms with Gasteiger partial charge in [0, 0.05) is 31.0 Å². The summed E-state index contributed by atoms with van der Waals surface area (Å²) in [6.07, 6.45) is 2.34. The van der Waals surface area contributed by atoms with Gasteiger partial charge in [-0.25, -0.2) is 4.79 Å². The SMILES string of the molecule is CC1CCN(c2ccc(NC(=O)COC(=O)CCNC(N)=O)cc2)CC1. The van der Waals surface area contributed by atoms with Crippen LogP contribution in [-0.2, 0) is 14.3 Å². The molecular weight excluding hydrogens is 336 g/mol. The lowest BCUT2D eigenvalue weighted by molar-refractivity contribution is -0.147. The maximum absolute atomic E-state index is 11.8. The molecule has 1 heterocycles. The first-order valence-electron chi connectivity index (χ1n) is 8.78. The van der Waals surface area contributed by atoms with Gasteiger partial charge in [0.15, 0.2) is 6.61 Å². The van der Waals surface area contributed by atoms with Gasteiger partial charge in [0.1, 0.15) is 0 Å². The number of nitrogens with zero attached hydrogens (tertiary/aromatic N) is 1. The summed E-state index contributed by atoms with van der Waals surface area (Å²) in [7, 11) is 0. The zero-order chi connectivity index (χ0) is 18.9. The van der Waals surface area contributed by atoms with Gasteiger partial charge in [-0.2, -0.15) is 0 Å². The molecule has 2 rings (SSSR count). The highest BCUT2D eigenvalue weighted by Crippen LogP contribution is 2.24. The largest absolute Gasteiger partial charge is 0.456 e. The fourth-order valence-electron chi connectivity index (χ4n) is 2.73. The molecule has 142 valence electrons. The van der Waals surface area contributed by atoms with Crippen molar-refractivity contribution in [1.82, 2.24) is 5.32 Å². The van der Waals surface area contributed by atoms with E-state index in [2.05, 4.69) is 22.5 Å². The Morgan fingerprint density at radius 3 is 2.46 bits per heavy atom. The van der Waals surface area contributed by atoms with E-state index in [1.807, 2.05) is 24.3 Å². The molecule has 0 unspecified atom stereocenters. The highest BCUT2D eigenvalue weighted by atomic mass is 16.5. The van der Waals surface area contributed by atoms with Gasteiger partial charge in [0.25, 0.3) is 5.91 Å². The summed E-state index contributed by atoms with van der Waals surface area (Å²) in [4.78, 5) is 36.1. The molecular formula is C18H26N4O4. The van der Waals surface area contributed by atoms with Crippen LogP contribution in [0.2, 0.25) is 0 Å². The summed E-state index contributed by atoms with van der Waals surface area (Å²) in [5.74, 6) is -0.219. The molecule has 1 aliphatic rings. The van der Waals surface area contributed by atoms with Crippen LogP contribution in [0.4, 0.5) is 16.2 Å². The molecule has 8 nitrogen and oxygen atoms in total. The second-order valence-corrected chi connectivity index (χ2v) is 6.47. The van der Waals surface area contributed by atoms with Gasteiger partial charge in [0.2, 0.25) is 0 Å². The minimum Gasteiger partial charge on any atom is -0.456 e. The standard InChI is InChI=1S/C18H26N4O4/c1-13-7-10-22(11-8-13)15-4-2-14(3-5-15)21-16(23)12-26-17(24)6-9-20-18(19)25/h2-5,13H,6-12H2,1H3,(H,21,23)(H3,19,20,25). The van der Waals surface area contributed by atoms with Crippen molar-refractivity contribution in [3.8, 4) is 0 Å². The molecule has 4 N–H and O–H groups in total. The number of primary amides is 1. The fourth-order valence-corrected chi connectivity index (χ4v) is 2.73. The van der Waals surface area contributed by atoms with Crippen molar-refractivity contribution in [1.29, 1.82) is 0 Å². The van der Waals surface area contributed by atoms with Crippen LogP contribution in [-0.4, -0.2) is 44.1 Å². The number of piperidine rings is 1. The number of esters is 1. The van der Waals surface area contributed by atoms with Gasteiger partial charge in [-0.05, 0) is 43.0 Å². The summed E-state index contributed by atoms with van der Waals surface area (Å²) in [5.41, 5.74) is 6.67. The average Bonchev–Trinajstić information content (AvgIpc) is 2.61. The van der Waals surface area contributed by atoms with Crippen LogP contribution in [0.15, 0.2) is 24.3 Å². The molecule has 0 spiro atoms. The Hall–Kier alpha value is -2.77. The number of carbonyl (C=O) groups excluding carboxylic acids is 3. The molecule has 0 aliphatic carbocycles. The minimum absolute atomic E-state index is 0.0423. The number of rotatable bonds is 7.